The Labute approximate surface area is 118 Å². The van der Waals surface area contributed by atoms with Crippen LogP contribution in [0, 0.1) is 0 Å². The van der Waals surface area contributed by atoms with Crippen LogP contribution in [0.15, 0.2) is 0 Å². The minimum atomic E-state index is 0.480. The van der Waals surface area contributed by atoms with Crippen molar-refractivity contribution in [2.24, 2.45) is 0 Å². The van der Waals surface area contributed by atoms with Crippen molar-refractivity contribution in [2.45, 2.75) is 31.4 Å². The van der Waals surface area contributed by atoms with Crippen molar-refractivity contribution in [3.63, 3.8) is 0 Å². The van der Waals surface area contributed by atoms with Gasteiger partial charge < -0.3 is 15.1 Å². The highest BCUT2D eigenvalue weighted by atomic mass is 32.2. The van der Waals surface area contributed by atoms with Crippen molar-refractivity contribution >= 4 is 11.8 Å². The van der Waals surface area contributed by atoms with Crippen molar-refractivity contribution in [1.29, 1.82) is 0 Å². The lowest BCUT2D eigenvalue weighted by Gasteiger charge is -2.22. The van der Waals surface area contributed by atoms with E-state index in [-0.39, 0.29) is 0 Å². The molecule has 1 N–H and O–H groups in total. The van der Waals surface area contributed by atoms with Crippen LogP contribution >= 0.6 is 11.8 Å². The van der Waals surface area contributed by atoms with Crippen LogP contribution in [0.1, 0.15) is 26.7 Å². The van der Waals surface area contributed by atoms with E-state index in [1.807, 2.05) is 0 Å². The topological polar surface area (TPSA) is 18.5 Å². The zero-order chi connectivity index (χ0) is 13.4. The largest absolute Gasteiger partial charge is 0.315 e. The molecule has 108 valence electrons. The first kappa shape index (κ1) is 16.3. The molecule has 0 bridgehead atoms. The average Bonchev–Trinajstić information content (AvgIpc) is 2.45. The quantitative estimate of drug-likeness (QED) is 0.712. The highest BCUT2D eigenvalue weighted by Gasteiger charge is 2.23. The average molecular weight is 273 g/mol. The number of nitrogens with zero attached hydrogens (tertiary/aromatic N) is 2. The van der Waals surface area contributed by atoms with Crippen LogP contribution in [0.2, 0.25) is 0 Å². The van der Waals surface area contributed by atoms with Crippen LogP contribution in [-0.4, -0.2) is 73.7 Å². The minimum Gasteiger partial charge on any atom is -0.315 e. The van der Waals surface area contributed by atoms with Crippen molar-refractivity contribution in [3.8, 4) is 0 Å². The molecule has 0 radical (unpaired) electrons. The third kappa shape index (κ3) is 7.62. The Hall–Kier alpha value is 0.230. The maximum absolute atomic E-state index is 3.55. The number of nitrogens with one attached hydrogen (secondary N) is 1. The first-order valence-electron chi connectivity index (χ1n) is 7.21. The molecule has 1 heterocycles. The lowest BCUT2D eigenvalue weighted by molar-refractivity contribution is 0.282. The lowest BCUT2D eigenvalue weighted by atomic mass is 10.1. The fraction of sp³-hybridized carbons (Fsp3) is 1.00. The van der Waals surface area contributed by atoms with Gasteiger partial charge >= 0.3 is 0 Å². The van der Waals surface area contributed by atoms with E-state index in [2.05, 4.69) is 54.8 Å². The van der Waals surface area contributed by atoms with E-state index < -0.39 is 0 Å². The molecule has 0 aromatic heterocycles. The lowest BCUT2D eigenvalue weighted by Crippen LogP contribution is -2.35. The first-order valence-corrected chi connectivity index (χ1v) is 8.20. The molecule has 1 aliphatic heterocycles. The normalized spacial score (nSPS) is 21.2. The molecule has 0 aromatic rings. The van der Waals surface area contributed by atoms with Crippen molar-refractivity contribution in [2.75, 3.05) is 59.1 Å². The van der Waals surface area contributed by atoms with Gasteiger partial charge in [0.05, 0.1) is 0 Å². The molecule has 0 aliphatic carbocycles. The summed E-state index contributed by atoms with van der Waals surface area (Å²) in [5, 5.41) is 3.55. The Morgan fingerprint density at radius 1 is 1.22 bits per heavy atom. The molecule has 1 fully saturated rings. The van der Waals surface area contributed by atoms with Crippen LogP contribution in [0.25, 0.3) is 0 Å². The van der Waals surface area contributed by atoms with Gasteiger partial charge in [-0.2, -0.15) is 11.8 Å². The summed E-state index contributed by atoms with van der Waals surface area (Å²) in [6, 6.07) is 0. The summed E-state index contributed by atoms with van der Waals surface area (Å²) in [7, 11) is 4.27. The Bertz CT molecular complexity index is 219. The van der Waals surface area contributed by atoms with Gasteiger partial charge in [0.15, 0.2) is 0 Å². The summed E-state index contributed by atoms with van der Waals surface area (Å²) in [6.45, 7) is 11.9. The van der Waals surface area contributed by atoms with Gasteiger partial charge in [-0.15, -0.1) is 0 Å². The van der Waals surface area contributed by atoms with E-state index in [1.54, 1.807) is 0 Å². The molecule has 0 amide bonds. The smallest absolute Gasteiger partial charge is 0.0116 e. The third-order valence-electron chi connectivity index (χ3n) is 3.49. The van der Waals surface area contributed by atoms with E-state index >= 15 is 0 Å². The Morgan fingerprint density at radius 3 is 2.72 bits per heavy atom. The molecule has 3 nitrogen and oxygen atoms in total. The zero-order valence-electron chi connectivity index (χ0n) is 12.7. The maximum atomic E-state index is 3.55. The van der Waals surface area contributed by atoms with Crippen LogP contribution in [0.4, 0.5) is 0 Å². The van der Waals surface area contributed by atoms with E-state index in [4.69, 9.17) is 0 Å². The minimum absolute atomic E-state index is 0.480. The molecule has 18 heavy (non-hydrogen) atoms. The number of thioether (sulfide) groups is 1. The molecular weight excluding hydrogens is 242 g/mol. The Morgan fingerprint density at radius 2 is 2.00 bits per heavy atom. The second kappa shape index (κ2) is 8.41. The number of rotatable bonds is 7. The summed E-state index contributed by atoms with van der Waals surface area (Å²) in [5.74, 6) is 1.29. The maximum Gasteiger partial charge on any atom is 0.0116 e. The Kier molecular flexibility index (Phi) is 7.61. The monoisotopic (exact) mass is 273 g/mol. The van der Waals surface area contributed by atoms with Gasteiger partial charge in [-0.3, -0.25) is 0 Å². The van der Waals surface area contributed by atoms with E-state index in [1.165, 1.54) is 44.8 Å². The molecule has 1 aliphatic rings. The fourth-order valence-corrected chi connectivity index (χ4v) is 3.31. The summed E-state index contributed by atoms with van der Waals surface area (Å²) in [4.78, 5) is 4.86. The standard InChI is InChI=1S/C14H31N3S/c1-14(2)6-10-17(12-13-18-14)11-8-15-7-5-9-16(3)4/h15H,5-13H2,1-4H3. The SMILES string of the molecule is CN(C)CCCNCCN1CCSC(C)(C)CC1. The second-order valence-corrected chi connectivity index (χ2v) is 7.91. The van der Waals surface area contributed by atoms with E-state index in [0.717, 1.165) is 13.1 Å². The molecule has 0 saturated carbocycles. The molecular formula is C14H31N3S. The Balaban J connectivity index is 2.02. The van der Waals surface area contributed by atoms with Gasteiger partial charge in [0.2, 0.25) is 0 Å². The number of hydrogen-bond donors (Lipinski definition) is 1. The van der Waals surface area contributed by atoms with Gasteiger partial charge in [-0.25, -0.2) is 0 Å². The molecule has 0 atom stereocenters. The fourth-order valence-electron chi connectivity index (χ4n) is 2.17. The first-order chi connectivity index (χ1) is 8.49. The van der Waals surface area contributed by atoms with Crippen LogP contribution in [-0.2, 0) is 0 Å². The van der Waals surface area contributed by atoms with Gasteiger partial charge in [0, 0.05) is 30.1 Å². The molecule has 1 rings (SSSR count). The van der Waals surface area contributed by atoms with Crippen LogP contribution in [0.5, 0.6) is 0 Å². The molecule has 0 spiro atoms. The summed E-state index contributed by atoms with van der Waals surface area (Å²) in [6.07, 6.45) is 2.56. The molecule has 1 saturated heterocycles. The van der Waals surface area contributed by atoms with Crippen molar-refractivity contribution in [3.05, 3.63) is 0 Å². The number of hydrogen-bond acceptors (Lipinski definition) is 4. The van der Waals surface area contributed by atoms with Crippen molar-refractivity contribution in [1.82, 2.24) is 15.1 Å². The van der Waals surface area contributed by atoms with Crippen LogP contribution < -0.4 is 5.32 Å². The van der Waals surface area contributed by atoms with Crippen molar-refractivity contribution < 1.29 is 0 Å². The molecule has 0 unspecified atom stereocenters. The predicted octanol–water partition coefficient (Wildman–Crippen LogP) is 1.75. The molecule has 0 aromatic carbocycles. The summed E-state index contributed by atoms with van der Waals surface area (Å²) in [5.41, 5.74) is 0. The molecule has 4 heteroatoms. The summed E-state index contributed by atoms with van der Waals surface area (Å²) >= 11 is 2.13. The van der Waals surface area contributed by atoms with E-state index in [0.29, 0.717) is 4.75 Å². The third-order valence-corrected chi connectivity index (χ3v) is 4.87. The highest BCUT2D eigenvalue weighted by Crippen LogP contribution is 2.30. The second-order valence-electron chi connectivity index (χ2n) is 6.11. The summed E-state index contributed by atoms with van der Waals surface area (Å²) < 4.78 is 0.480. The zero-order valence-corrected chi connectivity index (χ0v) is 13.5. The highest BCUT2D eigenvalue weighted by molar-refractivity contribution is 8.00. The predicted molar refractivity (Wildman–Crippen MR) is 83.6 cm³/mol. The van der Waals surface area contributed by atoms with Gasteiger partial charge in [-0.1, -0.05) is 13.8 Å². The van der Waals surface area contributed by atoms with E-state index in [9.17, 15) is 0 Å². The van der Waals surface area contributed by atoms with Gasteiger partial charge in [0.25, 0.3) is 0 Å². The van der Waals surface area contributed by atoms with Gasteiger partial charge in [-0.05, 0) is 46.6 Å². The van der Waals surface area contributed by atoms with Crippen LogP contribution in [0.3, 0.4) is 0 Å². The van der Waals surface area contributed by atoms with Gasteiger partial charge in [0.1, 0.15) is 0 Å².